The molecule has 0 aliphatic heterocycles. The number of nitrogens with zero attached hydrogens (tertiary/aromatic N) is 2. The fraction of sp³-hybridized carbons (Fsp3) is 0.200. The van der Waals surface area contributed by atoms with Crippen molar-refractivity contribution >= 4 is 28.8 Å². The van der Waals surface area contributed by atoms with Gasteiger partial charge in [0.15, 0.2) is 5.69 Å². The highest BCUT2D eigenvalue weighted by Crippen LogP contribution is 2.35. The number of allylic oxidation sites excluding steroid dienone is 2. The fourth-order valence-corrected chi connectivity index (χ4v) is 2.45. The van der Waals surface area contributed by atoms with Crippen LogP contribution in [0.25, 0.3) is 22.3 Å². The smallest absolute Gasteiger partial charge is 0.402 e. The molecule has 0 saturated carbocycles. The van der Waals surface area contributed by atoms with Gasteiger partial charge in [-0.15, -0.1) is 0 Å². The second-order valence-corrected chi connectivity index (χ2v) is 6.44. The lowest BCUT2D eigenvalue weighted by Crippen LogP contribution is -2.09. The topological polar surface area (TPSA) is 121 Å². The molecule has 158 valence electrons. The number of nitrogens with one attached hydrogen (secondary N) is 3. The van der Waals surface area contributed by atoms with Crippen molar-refractivity contribution in [1.29, 1.82) is 5.41 Å². The van der Waals surface area contributed by atoms with Crippen molar-refractivity contribution in [2.24, 2.45) is 5.73 Å². The molecule has 0 bridgehead atoms. The summed E-state index contributed by atoms with van der Waals surface area (Å²) in [4.78, 5) is 20.7. The van der Waals surface area contributed by atoms with Crippen LogP contribution in [-0.4, -0.2) is 27.1 Å². The first kappa shape index (κ1) is 22.6. The molecule has 3 rings (SSSR count). The number of rotatable bonds is 4. The SMILES string of the molecule is CC(=N)/C(C)=C(/C)N.O=CNc1cnc2[nH]c(-c3cccnc3C(F)(F)F)cc2c1. The molecule has 3 aromatic rings. The van der Waals surface area contributed by atoms with Crippen LogP contribution in [0.4, 0.5) is 18.9 Å². The molecule has 0 aliphatic carbocycles. The van der Waals surface area contributed by atoms with Gasteiger partial charge in [-0.2, -0.15) is 13.2 Å². The summed E-state index contributed by atoms with van der Waals surface area (Å²) in [7, 11) is 0. The van der Waals surface area contributed by atoms with Gasteiger partial charge in [-0.25, -0.2) is 4.98 Å². The van der Waals surface area contributed by atoms with E-state index in [4.69, 9.17) is 11.1 Å². The molecule has 0 fully saturated rings. The monoisotopic (exact) mass is 418 g/mol. The Morgan fingerprint density at radius 1 is 1.23 bits per heavy atom. The van der Waals surface area contributed by atoms with E-state index >= 15 is 0 Å². The van der Waals surface area contributed by atoms with Crippen LogP contribution < -0.4 is 11.1 Å². The Bertz CT molecular complexity index is 1100. The predicted octanol–water partition coefficient (Wildman–Crippen LogP) is 4.49. The van der Waals surface area contributed by atoms with Crippen molar-refractivity contribution in [3.63, 3.8) is 0 Å². The van der Waals surface area contributed by atoms with Gasteiger partial charge >= 0.3 is 6.18 Å². The maximum atomic E-state index is 13.0. The summed E-state index contributed by atoms with van der Waals surface area (Å²) < 4.78 is 39.0. The number of anilines is 1. The molecule has 3 heterocycles. The highest BCUT2D eigenvalue weighted by Gasteiger charge is 2.35. The van der Waals surface area contributed by atoms with Crippen molar-refractivity contribution in [1.82, 2.24) is 15.0 Å². The Hall–Kier alpha value is -3.69. The van der Waals surface area contributed by atoms with Gasteiger partial charge in [-0.1, -0.05) is 0 Å². The Morgan fingerprint density at radius 2 is 1.93 bits per heavy atom. The number of amides is 1. The first-order valence-corrected chi connectivity index (χ1v) is 8.74. The molecule has 10 heteroatoms. The first-order valence-electron chi connectivity index (χ1n) is 8.74. The molecule has 0 aliphatic rings. The number of aromatic amines is 1. The van der Waals surface area contributed by atoms with E-state index in [2.05, 4.69) is 20.3 Å². The van der Waals surface area contributed by atoms with Gasteiger partial charge in [0.1, 0.15) is 5.65 Å². The standard InChI is InChI=1S/C14H9F3N4O.C6H12N2/c15-14(16,17)12-10(2-1-3-18-12)11-5-8-4-9(20-7-22)6-19-13(8)21-11;1-4(5(2)7)6(3)8/h1-7H,(H,19,21)(H,20,22);7H,8H2,1-3H3/b;6-4-,7-5?. The van der Waals surface area contributed by atoms with E-state index in [-0.39, 0.29) is 11.3 Å². The Balaban J connectivity index is 0.000000343. The maximum Gasteiger partial charge on any atom is 0.434 e. The third-order valence-corrected chi connectivity index (χ3v) is 4.22. The average molecular weight is 418 g/mol. The lowest BCUT2D eigenvalue weighted by molar-refractivity contribution is -0.140. The van der Waals surface area contributed by atoms with Crippen LogP contribution in [0, 0.1) is 5.41 Å². The number of H-pyrrole nitrogens is 1. The fourth-order valence-electron chi connectivity index (χ4n) is 2.45. The largest absolute Gasteiger partial charge is 0.434 e. The average Bonchev–Trinajstić information content (AvgIpc) is 3.10. The number of carbonyl (C=O) groups excluding carboxylic acids is 1. The van der Waals surface area contributed by atoms with Gasteiger partial charge in [0, 0.05) is 34.2 Å². The third kappa shape index (κ3) is 5.43. The van der Waals surface area contributed by atoms with Gasteiger partial charge < -0.3 is 21.4 Å². The molecule has 0 saturated heterocycles. The van der Waals surface area contributed by atoms with Crippen molar-refractivity contribution in [3.05, 3.63) is 53.6 Å². The number of hydrogen-bond acceptors (Lipinski definition) is 5. The molecule has 1 amide bonds. The molecule has 3 aromatic heterocycles. The molecule has 0 unspecified atom stereocenters. The second kappa shape index (κ2) is 9.21. The van der Waals surface area contributed by atoms with Crippen molar-refractivity contribution < 1.29 is 18.0 Å². The van der Waals surface area contributed by atoms with Crippen LogP contribution in [0.5, 0.6) is 0 Å². The second-order valence-electron chi connectivity index (χ2n) is 6.44. The maximum absolute atomic E-state index is 13.0. The summed E-state index contributed by atoms with van der Waals surface area (Å²) in [5, 5.41) is 10.1. The molecular formula is C20H21F3N6O. The minimum atomic E-state index is -4.55. The quantitative estimate of drug-likeness (QED) is 0.368. The lowest BCUT2D eigenvalue weighted by Gasteiger charge is -2.09. The van der Waals surface area contributed by atoms with Gasteiger partial charge in [-0.3, -0.25) is 9.78 Å². The van der Waals surface area contributed by atoms with Gasteiger partial charge in [0.25, 0.3) is 0 Å². The molecule has 5 N–H and O–H groups in total. The number of halogens is 3. The number of fused-ring (bicyclic) bond motifs is 1. The van der Waals surface area contributed by atoms with E-state index in [0.717, 1.165) is 17.5 Å². The predicted molar refractivity (Wildman–Crippen MR) is 110 cm³/mol. The van der Waals surface area contributed by atoms with E-state index in [1.807, 2.05) is 6.92 Å². The summed E-state index contributed by atoms with van der Waals surface area (Å²) in [6.45, 7) is 5.37. The highest BCUT2D eigenvalue weighted by molar-refractivity contribution is 5.95. The zero-order valence-corrected chi connectivity index (χ0v) is 16.6. The number of hydrogen-bond donors (Lipinski definition) is 4. The van der Waals surface area contributed by atoms with Crippen LogP contribution in [0.3, 0.4) is 0 Å². The normalized spacial score (nSPS) is 11.9. The molecule has 30 heavy (non-hydrogen) atoms. The zero-order chi connectivity index (χ0) is 22.5. The molecule has 0 spiro atoms. The van der Waals surface area contributed by atoms with Crippen LogP contribution in [0.1, 0.15) is 26.5 Å². The number of carbonyl (C=O) groups is 1. The molecule has 7 nitrogen and oxygen atoms in total. The summed E-state index contributed by atoms with van der Waals surface area (Å²) in [6, 6.07) is 5.92. The van der Waals surface area contributed by atoms with Crippen LogP contribution in [-0.2, 0) is 11.0 Å². The summed E-state index contributed by atoms with van der Waals surface area (Å²) >= 11 is 0. The Labute approximate surface area is 170 Å². The van der Waals surface area contributed by atoms with Gasteiger partial charge in [0.2, 0.25) is 6.41 Å². The molecular weight excluding hydrogens is 397 g/mol. The van der Waals surface area contributed by atoms with E-state index in [1.54, 1.807) is 19.9 Å². The number of aromatic nitrogens is 3. The third-order valence-electron chi connectivity index (χ3n) is 4.22. The summed E-state index contributed by atoms with van der Waals surface area (Å²) in [5.74, 6) is 0. The number of alkyl halides is 3. The highest BCUT2D eigenvalue weighted by atomic mass is 19.4. The lowest BCUT2D eigenvalue weighted by atomic mass is 10.1. The van der Waals surface area contributed by atoms with Crippen molar-refractivity contribution in [2.75, 3.05) is 5.32 Å². The van der Waals surface area contributed by atoms with E-state index in [0.29, 0.717) is 28.8 Å². The van der Waals surface area contributed by atoms with E-state index < -0.39 is 11.9 Å². The minimum absolute atomic E-state index is 0.0575. The van der Waals surface area contributed by atoms with Crippen molar-refractivity contribution in [3.8, 4) is 11.3 Å². The van der Waals surface area contributed by atoms with Crippen LogP contribution >= 0.6 is 0 Å². The summed E-state index contributed by atoms with van der Waals surface area (Å²) in [6.07, 6.45) is -1.55. The summed E-state index contributed by atoms with van der Waals surface area (Å²) in [5.41, 5.74) is 7.64. The molecule has 0 aromatic carbocycles. The number of pyridine rings is 2. The van der Waals surface area contributed by atoms with Gasteiger partial charge in [0.05, 0.1) is 11.9 Å². The van der Waals surface area contributed by atoms with Gasteiger partial charge in [-0.05, 0) is 50.6 Å². The first-order chi connectivity index (χ1) is 14.0. The minimum Gasteiger partial charge on any atom is -0.402 e. The van der Waals surface area contributed by atoms with Crippen LogP contribution in [0.2, 0.25) is 0 Å². The van der Waals surface area contributed by atoms with Crippen LogP contribution in [0.15, 0.2) is 47.9 Å². The Kier molecular flexibility index (Phi) is 6.93. The van der Waals surface area contributed by atoms with E-state index in [1.165, 1.54) is 24.4 Å². The zero-order valence-electron chi connectivity index (χ0n) is 16.6. The molecule has 0 atom stereocenters. The Morgan fingerprint density at radius 3 is 2.47 bits per heavy atom. The van der Waals surface area contributed by atoms with E-state index in [9.17, 15) is 18.0 Å². The van der Waals surface area contributed by atoms with Crippen molar-refractivity contribution in [2.45, 2.75) is 26.9 Å². The number of nitrogens with two attached hydrogens (primary N) is 1. The molecule has 0 radical (unpaired) electrons.